The van der Waals surface area contributed by atoms with E-state index in [1.165, 1.54) is 4.90 Å². The summed E-state index contributed by atoms with van der Waals surface area (Å²) in [5, 5.41) is 13.0. The molecule has 1 aromatic heterocycles. The van der Waals surface area contributed by atoms with Crippen molar-refractivity contribution in [3.05, 3.63) is 30.1 Å². The molecule has 0 radical (unpaired) electrons. The number of carbonyl (C=O) groups excluding carboxylic acids is 2. The van der Waals surface area contributed by atoms with E-state index in [0.29, 0.717) is 25.9 Å². The summed E-state index contributed by atoms with van der Waals surface area (Å²) in [6.07, 6.45) is 2.23. The molecule has 0 aliphatic carbocycles. The molecule has 2 N–H and O–H groups in total. The van der Waals surface area contributed by atoms with Crippen LogP contribution in [0.5, 0.6) is 0 Å². The van der Waals surface area contributed by atoms with Crippen LogP contribution in [0.3, 0.4) is 0 Å². The Kier molecular flexibility index (Phi) is 6.50. The van der Waals surface area contributed by atoms with Crippen LogP contribution >= 0.6 is 0 Å². The number of hydrogen-bond donors (Lipinski definition) is 2. The van der Waals surface area contributed by atoms with Crippen molar-refractivity contribution in [1.29, 1.82) is 0 Å². The van der Waals surface area contributed by atoms with E-state index in [9.17, 15) is 14.7 Å². The highest BCUT2D eigenvalue weighted by Crippen LogP contribution is 2.22. The predicted molar refractivity (Wildman–Crippen MR) is 92.5 cm³/mol. The number of carbonyl (C=O) groups is 2. The third-order valence-electron chi connectivity index (χ3n) is 3.93. The first-order valence-electron chi connectivity index (χ1n) is 8.62. The number of pyridine rings is 1. The average Bonchev–Trinajstić information content (AvgIpc) is 3.03. The lowest BCUT2D eigenvalue weighted by Crippen LogP contribution is -2.52. The molecule has 1 amide bonds. The number of aliphatic hydroxyl groups excluding tert-OH is 1. The van der Waals surface area contributed by atoms with Gasteiger partial charge in [-0.3, -0.25) is 19.5 Å². The molecule has 25 heavy (non-hydrogen) atoms. The lowest BCUT2D eigenvalue weighted by atomic mass is 10.1. The van der Waals surface area contributed by atoms with Gasteiger partial charge in [0.25, 0.3) is 5.91 Å². The Hall–Kier alpha value is -1.99. The second-order valence-corrected chi connectivity index (χ2v) is 7.17. The fourth-order valence-corrected chi connectivity index (χ4v) is 2.81. The molecule has 7 nitrogen and oxygen atoms in total. The van der Waals surface area contributed by atoms with Gasteiger partial charge in [0.2, 0.25) is 0 Å². The minimum absolute atomic E-state index is 0.373. The van der Waals surface area contributed by atoms with Gasteiger partial charge in [-0.05, 0) is 45.7 Å². The molecule has 1 aliphatic rings. The van der Waals surface area contributed by atoms with Crippen LogP contribution in [0.15, 0.2) is 24.4 Å². The van der Waals surface area contributed by atoms with Crippen LogP contribution in [0, 0.1) is 0 Å². The van der Waals surface area contributed by atoms with Crippen molar-refractivity contribution in [2.45, 2.75) is 57.9 Å². The van der Waals surface area contributed by atoms with Gasteiger partial charge in [0.1, 0.15) is 11.6 Å². The minimum atomic E-state index is -1.36. The van der Waals surface area contributed by atoms with Gasteiger partial charge in [0, 0.05) is 31.4 Å². The van der Waals surface area contributed by atoms with Gasteiger partial charge in [-0.2, -0.15) is 0 Å². The number of amides is 1. The standard InChI is InChI=1S/C18H27N3O4/c1-18(2,3)25-17(24)14-8-6-12-21(14)16(23)15(22)20-11-9-13-7-4-5-10-19-13/h4-5,7,10,14,16,23H,6,8-9,11-12H2,1-3H3,(H,20,22). The first kappa shape index (κ1) is 19.3. The van der Waals surface area contributed by atoms with Crippen LogP contribution in [-0.4, -0.2) is 57.8 Å². The van der Waals surface area contributed by atoms with Crippen molar-refractivity contribution in [1.82, 2.24) is 15.2 Å². The van der Waals surface area contributed by atoms with E-state index in [1.54, 1.807) is 27.0 Å². The van der Waals surface area contributed by atoms with Gasteiger partial charge in [-0.25, -0.2) is 0 Å². The Morgan fingerprint density at radius 3 is 2.84 bits per heavy atom. The van der Waals surface area contributed by atoms with Crippen molar-refractivity contribution in [2.24, 2.45) is 0 Å². The second-order valence-electron chi connectivity index (χ2n) is 7.17. The molecule has 2 unspecified atom stereocenters. The van der Waals surface area contributed by atoms with E-state index >= 15 is 0 Å². The van der Waals surface area contributed by atoms with Gasteiger partial charge in [-0.15, -0.1) is 0 Å². The number of rotatable bonds is 6. The predicted octanol–water partition coefficient (Wildman–Crippen LogP) is 0.865. The number of likely N-dealkylation sites (tertiary alicyclic amines) is 1. The molecule has 138 valence electrons. The number of ether oxygens (including phenoxy) is 1. The fourth-order valence-electron chi connectivity index (χ4n) is 2.81. The van der Waals surface area contributed by atoms with E-state index in [2.05, 4.69) is 10.3 Å². The maximum atomic E-state index is 12.3. The first-order valence-corrected chi connectivity index (χ1v) is 8.62. The van der Waals surface area contributed by atoms with Crippen LogP contribution in [0.1, 0.15) is 39.3 Å². The molecule has 1 fully saturated rings. The van der Waals surface area contributed by atoms with Crippen LogP contribution in [0.4, 0.5) is 0 Å². The summed E-state index contributed by atoms with van der Waals surface area (Å²) >= 11 is 0. The van der Waals surface area contributed by atoms with Crippen molar-refractivity contribution in [3.63, 3.8) is 0 Å². The zero-order chi connectivity index (χ0) is 18.4. The van der Waals surface area contributed by atoms with E-state index in [1.807, 2.05) is 18.2 Å². The SMILES string of the molecule is CC(C)(C)OC(=O)C1CCCN1C(O)C(=O)NCCc1ccccn1. The molecule has 2 atom stereocenters. The zero-order valence-corrected chi connectivity index (χ0v) is 15.1. The maximum Gasteiger partial charge on any atom is 0.323 e. The van der Waals surface area contributed by atoms with Crippen LogP contribution in [0.2, 0.25) is 0 Å². The van der Waals surface area contributed by atoms with E-state index in [4.69, 9.17) is 4.74 Å². The minimum Gasteiger partial charge on any atom is -0.459 e. The molecule has 7 heteroatoms. The Morgan fingerprint density at radius 2 is 2.20 bits per heavy atom. The Bertz CT molecular complexity index is 586. The molecule has 1 aliphatic heterocycles. The number of aromatic nitrogens is 1. The quantitative estimate of drug-likeness (QED) is 0.741. The monoisotopic (exact) mass is 349 g/mol. The van der Waals surface area contributed by atoms with Gasteiger partial charge in [0.15, 0.2) is 6.23 Å². The molecule has 1 saturated heterocycles. The van der Waals surface area contributed by atoms with Crippen molar-refractivity contribution in [3.8, 4) is 0 Å². The van der Waals surface area contributed by atoms with Gasteiger partial charge < -0.3 is 15.2 Å². The lowest BCUT2D eigenvalue weighted by molar-refractivity contribution is -0.165. The van der Waals surface area contributed by atoms with E-state index in [-0.39, 0.29) is 0 Å². The third-order valence-corrected chi connectivity index (χ3v) is 3.93. The van der Waals surface area contributed by atoms with Gasteiger partial charge in [-0.1, -0.05) is 6.07 Å². The Balaban J connectivity index is 1.86. The Morgan fingerprint density at radius 1 is 1.44 bits per heavy atom. The van der Waals surface area contributed by atoms with Crippen LogP contribution < -0.4 is 5.32 Å². The number of aliphatic hydroxyl groups is 1. The first-order chi connectivity index (χ1) is 11.8. The fraction of sp³-hybridized carbons (Fsp3) is 0.611. The van der Waals surface area contributed by atoms with Crippen molar-refractivity contribution in [2.75, 3.05) is 13.1 Å². The zero-order valence-electron chi connectivity index (χ0n) is 15.1. The summed E-state index contributed by atoms with van der Waals surface area (Å²) in [6, 6.07) is 5.00. The van der Waals surface area contributed by atoms with Crippen molar-refractivity contribution < 1.29 is 19.4 Å². The maximum absolute atomic E-state index is 12.3. The number of hydrogen-bond acceptors (Lipinski definition) is 6. The van der Waals surface area contributed by atoms with Crippen LogP contribution in [-0.2, 0) is 20.7 Å². The lowest BCUT2D eigenvalue weighted by Gasteiger charge is -2.29. The van der Waals surface area contributed by atoms with Crippen LogP contribution in [0.25, 0.3) is 0 Å². The smallest absolute Gasteiger partial charge is 0.323 e. The average molecular weight is 349 g/mol. The molecule has 2 heterocycles. The van der Waals surface area contributed by atoms with Gasteiger partial charge >= 0.3 is 5.97 Å². The molecule has 0 bridgehead atoms. The summed E-state index contributed by atoms with van der Waals surface area (Å²) in [4.78, 5) is 30.2. The highest BCUT2D eigenvalue weighted by Gasteiger charge is 2.39. The van der Waals surface area contributed by atoms with Crippen molar-refractivity contribution >= 4 is 11.9 Å². The molecule has 0 aromatic carbocycles. The number of nitrogens with zero attached hydrogens (tertiary/aromatic N) is 2. The summed E-state index contributed by atoms with van der Waals surface area (Å²) < 4.78 is 5.39. The van der Waals surface area contributed by atoms with Gasteiger partial charge in [0.05, 0.1) is 0 Å². The number of nitrogens with one attached hydrogen (secondary N) is 1. The van der Waals surface area contributed by atoms with E-state index in [0.717, 1.165) is 12.1 Å². The summed E-state index contributed by atoms with van der Waals surface area (Å²) in [7, 11) is 0. The highest BCUT2D eigenvalue weighted by atomic mass is 16.6. The normalized spacial score (nSPS) is 19.4. The Labute approximate surface area is 148 Å². The van der Waals surface area contributed by atoms with E-state index < -0.39 is 29.7 Å². The summed E-state index contributed by atoms with van der Waals surface area (Å²) in [5.41, 5.74) is 0.270. The third kappa shape index (κ3) is 5.79. The number of esters is 1. The highest BCUT2D eigenvalue weighted by molar-refractivity contribution is 5.82. The topological polar surface area (TPSA) is 91.8 Å². The second kappa shape index (κ2) is 8.40. The largest absolute Gasteiger partial charge is 0.459 e. The molecular weight excluding hydrogens is 322 g/mol. The summed E-state index contributed by atoms with van der Waals surface area (Å²) in [6.45, 7) is 6.25. The molecule has 2 rings (SSSR count). The molecule has 0 saturated carbocycles. The summed E-state index contributed by atoms with van der Waals surface area (Å²) in [5.74, 6) is -0.906. The molecule has 1 aromatic rings. The molecular formula is C18H27N3O4. The molecule has 0 spiro atoms.